The van der Waals surface area contributed by atoms with Gasteiger partial charge in [0.05, 0.1) is 0 Å². The van der Waals surface area contributed by atoms with E-state index in [0.717, 1.165) is 26.3 Å². The van der Waals surface area contributed by atoms with E-state index in [2.05, 4.69) is 19.2 Å². The lowest BCUT2D eigenvalue weighted by Gasteiger charge is -2.03. The lowest BCUT2D eigenvalue weighted by atomic mass is 10.3. The number of ether oxygens (including phenoxy) is 1. The van der Waals surface area contributed by atoms with Crippen LogP contribution in [-0.4, -0.2) is 26.3 Å². The van der Waals surface area contributed by atoms with Gasteiger partial charge in [-0.25, -0.2) is 0 Å². The van der Waals surface area contributed by atoms with Crippen LogP contribution in [0.25, 0.3) is 0 Å². The van der Waals surface area contributed by atoms with Crippen molar-refractivity contribution in [2.75, 3.05) is 26.3 Å². The van der Waals surface area contributed by atoms with Gasteiger partial charge >= 0.3 is 0 Å². The van der Waals surface area contributed by atoms with Gasteiger partial charge in [0.1, 0.15) is 0 Å². The normalized spacial score (nSPS) is 10.6. The molecule has 0 rings (SSSR count). The molecule has 0 amide bonds. The summed E-state index contributed by atoms with van der Waals surface area (Å²) in [6, 6.07) is 0. The van der Waals surface area contributed by atoms with Crippen molar-refractivity contribution in [3.8, 4) is 0 Å². The minimum absolute atomic E-state index is 0.940. The van der Waals surface area contributed by atoms with E-state index in [1.807, 2.05) is 0 Å². The van der Waals surface area contributed by atoms with E-state index in [-0.39, 0.29) is 0 Å². The highest BCUT2D eigenvalue weighted by molar-refractivity contribution is 4.44. The SMILES string of the molecule is CCCCCOCCCCNCC. The van der Waals surface area contributed by atoms with Crippen LogP contribution in [0.15, 0.2) is 0 Å². The summed E-state index contributed by atoms with van der Waals surface area (Å²) in [4.78, 5) is 0. The number of rotatable bonds is 10. The third kappa shape index (κ3) is 11.9. The Bertz CT molecular complexity index is 76.2. The summed E-state index contributed by atoms with van der Waals surface area (Å²) in [6.07, 6.45) is 6.24. The molecule has 0 aromatic rings. The van der Waals surface area contributed by atoms with E-state index in [9.17, 15) is 0 Å². The summed E-state index contributed by atoms with van der Waals surface area (Å²) in [5.41, 5.74) is 0. The molecule has 0 unspecified atom stereocenters. The highest BCUT2D eigenvalue weighted by Crippen LogP contribution is 1.95. The Hall–Kier alpha value is -0.0800. The number of unbranched alkanes of at least 4 members (excludes halogenated alkanes) is 3. The van der Waals surface area contributed by atoms with Crippen molar-refractivity contribution >= 4 is 0 Å². The maximum absolute atomic E-state index is 5.49. The number of hydrogen-bond donors (Lipinski definition) is 1. The van der Waals surface area contributed by atoms with Crippen LogP contribution in [0.3, 0.4) is 0 Å². The molecule has 80 valence electrons. The van der Waals surface area contributed by atoms with Gasteiger partial charge < -0.3 is 10.1 Å². The van der Waals surface area contributed by atoms with Gasteiger partial charge in [0, 0.05) is 13.2 Å². The fraction of sp³-hybridized carbons (Fsp3) is 1.00. The first-order valence-electron chi connectivity index (χ1n) is 5.70. The van der Waals surface area contributed by atoms with E-state index < -0.39 is 0 Å². The summed E-state index contributed by atoms with van der Waals surface area (Å²) in [7, 11) is 0. The number of nitrogens with one attached hydrogen (secondary N) is 1. The molecule has 0 spiro atoms. The van der Waals surface area contributed by atoms with Crippen LogP contribution in [0.5, 0.6) is 0 Å². The predicted molar refractivity (Wildman–Crippen MR) is 58.1 cm³/mol. The van der Waals surface area contributed by atoms with Gasteiger partial charge in [-0.05, 0) is 32.4 Å². The molecule has 0 aliphatic heterocycles. The van der Waals surface area contributed by atoms with Crippen molar-refractivity contribution in [1.82, 2.24) is 5.32 Å². The molecule has 2 heteroatoms. The van der Waals surface area contributed by atoms with Gasteiger partial charge in [-0.3, -0.25) is 0 Å². The second-order valence-electron chi connectivity index (χ2n) is 3.38. The average Bonchev–Trinajstić information content (AvgIpc) is 2.16. The molecule has 0 atom stereocenters. The van der Waals surface area contributed by atoms with Gasteiger partial charge in [0.15, 0.2) is 0 Å². The monoisotopic (exact) mass is 187 g/mol. The van der Waals surface area contributed by atoms with Crippen LogP contribution in [-0.2, 0) is 4.74 Å². The Morgan fingerprint density at radius 2 is 1.62 bits per heavy atom. The highest BCUT2D eigenvalue weighted by atomic mass is 16.5. The molecule has 0 bridgehead atoms. The standard InChI is InChI=1S/C11H25NO/c1-3-5-7-10-13-11-8-6-9-12-4-2/h12H,3-11H2,1-2H3. The molecule has 0 aliphatic carbocycles. The van der Waals surface area contributed by atoms with Crippen LogP contribution < -0.4 is 5.32 Å². The molecule has 1 N–H and O–H groups in total. The van der Waals surface area contributed by atoms with Crippen LogP contribution in [0.1, 0.15) is 46.0 Å². The van der Waals surface area contributed by atoms with E-state index in [1.165, 1.54) is 32.1 Å². The molecule has 2 nitrogen and oxygen atoms in total. The zero-order chi connectivity index (χ0) is 9.78. The van der Waals surface area contributed by atoms with Crippen LogP contribution in [0.2, 0.25) is 0 Å². The maximum atomic E-state index is 5.49. The minimum Gasteiger partial charge on any atom is -0.381 e. The number of hydrogen-bond acceptors (Lipinski definition) is 2. The fourth-order valence-electron chi connectivity index (χ4n) is 1.19. The Kier molecular flexibility index (Phi) is 11.8. The molecule has 0 fully saturated rings. The Morgan fingerprint density at radius 1 is 0.923 bits per heavy atom. The van der Waals surface area contributed by atoms with Crippen LogP contribution in [0.4, 0.5) is 0 Å². The topological polar surface area (TPSA) is 21.3 Å². The molecular weight excluding hydrogens is 162 g/mol. The molecular formula is C11H25NO. The van der Waals surface area contributed by atoms with Crippen molar-refractivity contribution < 1.29 is 4.74 Å². The van der Waals surface area contributed by atoms with E-state index in [1.54, 1.807) is 0 Å². The third-order valence-electron chi connectivity index (χ3n) is 2.03. The first-order valence-corrected chi connectivity index (χ1v) is 5.70. The van der Waals surface area contributed by atoms with Gasteiger partial charge in [-0.15, -0.1) is 0 Å². The lowest BCUT2D eigenvalue weighted by molar-refractivity contribution is 0.126. The molecule has 0 saturated carbocycles. The summed E-state index contributed by atoms with van der Waals surface area (Å²) in [5, 5.41) is 3.30. The Morgan fingerprint density at radius 3 is 2.23 bits per heavy atom. The molecule has 0 aromatic heterocycles. The molecule has 0 aliphatic rings. The van der Waals surface area contributed by atoms with E-state index in [0.29, 0.717) is 0 Å². The third-order valence-corrected chi connectivity index (χ3v) is 2.03. The smallest absolute Gasteiger partial charge is 0.0466 e. The zero-order valence-electron chi connectivity index (χ0n) is 9.27. The Labute approximate surface area is 83.1 Å². The largest absolute Gasteiger partial charge is 0.381 e. The first-order chi connectivity index (χ1) is 6.41. The van der Waals surface area contributed by atoms with E-state index >= 15 is 0 Å². The zero-order valence-corrected chi connectivity index (χ0v) is 9.27. The summed E-state index contributed by atoms with van der Waals surface area (Å²) in [6.45, 7) is 8.47. The van der Waals surface area contributed by atoms with Gasteiger partial charge in [-0.2, -0.15) is 0 Å². The van der Waals surface area contributed by atoms with Crippen molar-refractivity contribution in [2.45, 2.75) is 46.0 Å². The Balaban J connectivity index is 2.76. The van der Waals surface area contributed by atoms with Crippen LogP contribution >= 0.6 is 0 Å². The predicted octanol–water partition coefficient (Wildman–Crippen LogP) is 2.58. The van der Waals surface area contributed by atoms with E-state index in [4.69, 9.17) is 4.74 Å². The summed E-state index contributed by atoms with van der Waals surface area (Å²) < 4.78 is 5.49. The van der Waals surface area contributed by atoms with Gasteiger partial charge in [-0.1, -0.05) is 26.7 Å². The second kappa shape index (κ2) is 11.9. The van der Waals surface area contributed by atoms with Crippen molar-refractivity contribution in [1.29, 1.82) is 0 Å². The molecule has 0 aromatic carbocycles. The molecule has 0 heterocycles. The van der Waals surface area contributed by atoms with Gasteiger partial charge in [0.25, 0.3) is 0 Å². The van der Waals surface area contributed by atoms with Crippen LogP contribution in [0, 0.1) is 0 Å². The van der Waals surface area contributed by atoms with Crippen molar-refractivity contribution in [3.05, 3.63) is 0 Å². The van der Waals surface area contributed by atoms with Crippen molar-refractivity contribution in [2.24, 2.45) is 0 Å². The second-order valence-corrected chi connectivity index (χ2v) is 3.38. The maximum Gasteiger partial charge on any atom is 0.0466 e. The molecule has 0 saturated heterocycles. The minimum atomic E-state index is 0.940. The fourth-order valence-corrected chi connectivity index (χ4v) is 1.19. The van der Waals surface area contributed by atoms with Gasteiger partial charge in [0.2, 0.25) is 0 Å². The van der Waals surface area contributed by atoms with Crippen molar-refractivity contribution in [3.63, 3.8) is 0 Å². The quantitative estimate of drug-likeness (QED) is 0.531. The first kappa shape index (κ1) is 12.9. The lowest BCUT2D eigenvalue weighted by Crippen LogP contribution is -2.14. The molecule has 13 heavy (non-hydrogen) atoms. The summed E-state index contributed by atoms with van der Waals surface area (Å²) in [5.74, 6) is 0. The highest BCUT2D eigenvalue weighted by Gasteiger charge is 1.89. The molecule has 0 radical (unpaired) electrons. The summed E-state index contributed by atoms with van der Waals surface area (Å²) >= 11 is 0. The average molecular weight is 187 g/mol.